The summed E-state index contributed by atoms with van der Waals surface area (Å²) in [7, 11) is 0. The van der Waals surface area contributed by atoms with Gasteiger partial charge in [-0.15, -0.1) is 13.2 Å². The Balaban J connectivity index is 1.99. The number of halogens is 3. The SMILES string of the molecule is NC(CCc1ccccc1)c1cccc(OC(F)(F)F)c1. The van der Waals surface area contributed by atoms with Crippen molar-refractivity contribution in [1.29, 1.82) is 0 Å². The lowest BCUT2D eigenvalue weighted by Crippen LogP contribution is -2.18. The van der Waals surface area contributed by atoms with Crippen LogP contribution in [0.4, 0.5) is 13.2 Å². The van der Waals surface area contributed by atoms with Crippen molar-refractivity contribution in [3.05, 3.63) is 65.7 Å². The van der Waals surface area contributed by atoms with Gasteiger partial charge in [0.05, 0.1) is 0 Å². The Hall–Kier alpha value is -2.01. The molecule has 2 aromatic carbocycles. The first-order valence-corrected chi connectivity index (χ1v) is 6.59. The van der Waals surface area contributed by atoms with Gasteiger partial charge in [-0.05, 0) is 36.1 Å². The molecule has 0 aliphatic heterocycles. The van der Waals surface area contributed by atoms with E-state index in [1.807, 2.05) is 30.3 Å². The van der Waals surface area contributed by atoms with Crippen LogP contribution in [-0.4, -0.2) is 6.36 Å². The van der Waals surface area contributed by atoms with Gasteiger partial charge in [-0.25, -0.2) is 0 Å². The number of aryl methyl sites for hydroxylation is 1. The minimum Gasteiger partial charge on any atom is -0.406 e. The molecule has 0 bridgehead atoms. The summed E-state index contributed by atoms with van der Waals surface area (Å²) in [6.45, 7) is 0. The van der Waals surface area contributed by atoms with Crippen molar-refractivity contribution in [3.63, 3.8) is 0 Å². The lowest BCUT2D eigenvalue weighted by molar-refractivity contribution is -0.274. The molecule has 2 aromatic rings. The first-order chi connectivity index (χ1) is 9.94. The second-order valence-corrected chi connectivity index (χ2v) is 4.75. The van der Waals surface area contributed by atoms with Crippen LogP contribution in [-0.2, 0) is 6.42 Å². The first-order valence-electron chi connectivity index (χ1n) is 6.59. The molecule has 0 spiro atoms. The van der Waals surface area contributed by atoms with Crippen molar-refractivity contribution < 1.29 is 17.9 Å². The van der Waals surface area contributed by atoms with Gasteiger partial charge >= 0.3 is 6.36 Å². The number of hydrogen-bond donors (Lipinski definition) is 1. The fraction of sp³-hybridized carbons (Fsp3) is 0.250. The minimum atomic E-state index is -4.69. The summed E-state index contributed by atoms with van der Waals surface area (Å²) in [6, 6.07) is 15.3. The average molecular weight is 295 g/mol. The van der Waals surface area contributed by atoms with Gasteiger partial charge in [-0.2, -0.15) is 0 Å². The average Bonchev–Trinajstić information content (AvgIpc) is 2.44. The second kappa shape index (κ2) is 6.63. The van der Waals surface area contributed by atoms with Gasteiger partial charge in [0.15, 0.2) is 0 Å². The molecule has 0 saturated heterocycles. The van der Waals surface area contributed by atoms with Crippen molar-refractivity contribution >= 4 is 0 Å². The van der Waals surface area contributed by atoms with Crippen LogP contribution in [0, 0.1) is 0 Å². The Morgan fingerprint density at radius 3 is 2.38 bits per heavy atom. The quantitative estimate of drug-likeness (QED) is 0.896. The highest BCUT2D eigenvalue weighted by molar-refractivity contribution is 5.30. The topological polar surface area (TPSA) is 35.2 Å². The van der Waals surface area contributed by atoms with E-state index in [0.717, 1.165) is 12.0 Å². The fourth-order valence-electron chi connectivity index (χ4n) is 2.08. The Bertz CT molecular complexity index is 569. The van der Waals surface area contributed by atoms with E-state index in [0.29, 0.717) is 12.0 Å². The molecule has 0 aliphatic carbocycles. The van der Waals surface area contributed by atoms with Crippen molar-refractivity contribution in [3.8, 4) is 5.75 Å². The molecule has 0 saturated carbocycles. The molecule has 0 amide bonds. The molecular formula is C16H16F3NO. The Morgan fingerprint density at radius 2 is 1.71 bits per heavy atom. The highest BCUT2D eigenvalue weighted by atomic mass is 19.4. The Labute approximate surface area is 121 Å². The summed E-state index contributed by atoms with van der Waals surface area (Å²) < 4.78 is 40.5. The van der Waals surface area contributed by atoms with Gasteiger partial charge < -0.3 is 10.5 Å². The van der Waals surface area contributed by atoms with Crippen molar-refractivity contribution in [2.75, 3.05) is 0 Å². The number of alkyl halides is 3. The zero-order chi connectivity index (χ0) is 15.3. The van der Waals surface area contributed by atoms with E-state index in [4.69, 9.17) is 5.73 Å². The molecule has 0 fully saturated rings. The zero-order valence-corrected chi connectivity index (χ0v) is 11.3. The standard InChI is InChI=1S/C16H16F3NO/c17-16(18,19)21-14-8-4-7-13(11-14)15(20)10-9-12-5-2-1-3-6-12/h1-8,11,15H,9-10,20H2. The molecule has 0 heterocycles. The molecule has 1 unspecified atom stereocenters. The van der Waals surface area contributed by atoms with E-state index in [1.54, 1.807) is 6.07 Å². The molecule has 1 atom stereocenters. The van der Waals surface area contributed by atoms with Crippen LogP contribution in [0.2, 0.25) is 0 Å². The molecule has 21 heavy (non-hydrogen) atoms. The van der Waals surface area contributed by atoms with Crippen LogP contribution in [0.25, 0.3) is 0 Å². The van der Waals surface area contributed by atoms with Crippen molar-refractivity contribution in [2.45, 2.75) is 25.2 Å². The zero-order valence-electron chi connectivity index (χ0n) is 11.3. The van der Waals surface area contributed by atoms with Gasteiger partial charge in [0.1, 0.15) is 5.75 Å². The number of nitrogens with two attached hydrogens (primary N) is 1. The number of benzene rings is 2. The lowest BCUT2D eigenvalue weighted by Gasteiger charge is -2.14. The monoisotopic (exact) mass is 295 g/mol. The van der Waals surface area contributed by atoms with E-state index >= 15 is 0 Å². The summed E-state index contributed by atoms with van der Waals surface area (Å²) >= 11 is 0. The van der Waals surface area contributed by atoms with Gasteiger partial charge in [0, 0.05) is 6.04 Å². The number of hydrogen-bond acceptors (Lipinski definition) is 2. The van der Waals surface area contributed by atoms with Crippen molar-refractivity contribution in [1.82, 2.24) is 0 Å². The van der Waals surface area contributed by atoms with Gasteiger partial charge in [0.25, 0.3) is 0 Å². The van der Waals surface area contributed by atoms with E-state index in [2.05, 4.69) is 4.74 Å². The predicted octanol–water partition coefficient (Wildman–Crippen LogP) is 4.22. The highest BCUT2D eigenvalue weighted by Gasteiger charge is 2.31. The first kappa shape index (κ1) is 15.4. The van der Waals surface area contributed by atoms with E-state index in [9.17, 15) is 13.2 Å². The number of rotatable bonds is 5. The lowest BCUT2D eigenvalue weighted by atomic mass is 10.00. The molecule has 5 heteroatoms. The summed E-state index contributed by atoms with van der Waals surface area (Å²) in [6.07, 6.45) is -3.27. The van der Waals surface area contributed by atoms with E-state index in [-0.39, 0.29) is 11.8 Å². The van der Waals surface area contributed by atoms with E-state index in [1.165, 1.54) is 18.2 Å². The van der Waals surface area contributed by atoms with Crippen LogP contribution in [0.3, 0.4) is 0 Å². The van der Waals surface area contributed by atoms with Crippen LogP contribution < -0.4 is 10.5 Å². The van der Waals surface area contributed by atoms with Crippen LogP contribution >= 0.6 is 0 Å². The molecule has 2 rings (SSSR count). The maximum Gasteiger partial charge on any atom is 0.573 e. The minimum absolute atomic E-state index is 0.241. The molecular weight excluding hydrogens is 279 g/mol. The normalized spacial score (nSPS) is 13.0. The van der Waals surface area contributed by atoms with Gasteiger partial charge in [0.2, 0.25) is 0 Å². The highest BCUT2D eigenvalue weighted by Crippen LogP contribution is 2.26. The van der Waals surface area contributed by atoms with Gasteiger partial charge in [-0.1, -0.05) is 42.5 Å². The molecule has 0 aromatic heterocycles. The Morgan fingerprint density at radius 1 is 1.00 bits per heavy atom. The molecule has 2 nitrogen and oxygen atoms in total. The largest absolute Gasteiger partial charge is 0.573 e. The number of ether oxygens (including phenoxy) is 1. The van der Waals surface area contributed by atoms with Crippen molar-refractivity contribution in [2.24, 2.45) is 5.73 Å². The summed E-state index contributed by atoms with van der Waals surface area (Å²) in [5, 5.41) is 0. The van der Waals surface area contributed by atoms with Crippen LogP contribution in [0.5, 0.6) is 5.75 Å². The van der Waals surface area contributed by atoms with Crippen LogP contribution in [0.1, 0.15) is 23.6 Å². The maximum absolute atomic E-state index is 12.2. The third kappa shape index (κ3) is 5.11. The van der Waals surface area contributed by atoms with E-state index < -0.39 is 6.36 Å². The second-order valence-electron chi connectivity index (χ2n) is 4.75. The van der Waals surface area contributed by atoms with Crippen LogP contribution in [0.15, 0.2) is 54.6 Å². The molecule has 2 N–H and O–H groups in total. The third-order valence-electron chi connectivity index (χ3n) is 3.11. The smallest absolute Gasteiger partial charge is 0.406 e. The predicted molar refractivity (Wildman–Crippen MR) is 74.8 cm³/mol. The third-order valence-corrected chi connectivity index (χ3v) is 3.11. The Kier molecular flexibility index (Phi) is 4.85. The molecule has 112 valence electrons. The van der Waals surface area contributed by atoms with Gasteiger partial charge in [-0.3, -0.25) is 0 Å². The fourth-order valence-corrected chi connectivity index (χ4v) is 2.08. The molecule has 0 aliphatic rings. The summed E-state index contributed by atoms with van der Waals surface area (Å²) in [5.74, 6) is -0.241. The summed E-state index contributed by atoms with van der Waals surface area (Å²) in [5.41, 5.74) is 7.82. The maximum atomic E-state index is 12.2. The summed E-state index contributed by atoms with van der Waals surface area (Å²) in [4.78, 5) is 0. The molecule has 0 radical (unpaired) electrons.